The lowest BCUT2D eigenvalue weighted by molar-refractivity contribution is -0.129. The van der Waals surface area contributed by atoms with E-state index in [1.165, 1.54) is 12.3 Å². The molecule has 5 nitrogen and oxygen atoms in total. The van der Waals surface area contributed by atoms with Crippen LogP contribution in [0, 0.1) is 0 Å². The number of fused-ring (bicyclic) bond motifs is 1. The zero-order valence-corrected chi connectivity index (χ0v) is 6.01. The quantitative estimate of drug-likeness (QED) is 0.619. The van der Waals surface area contributed by atoms with Crippen LogP contribution in [-0.4, -0.2) is 22.8 Å². The lowest BCUT2D eigenvalue weighted by Crippen LogP contribution is -2.16. The van der Waals surface area contributed by atoms with Gasteiger partial charge in [0.05, 0.1) is 11.9 Å². The summed E-state index contributed by atoms with van der Waals surface area (Å²) in [6, 6.07) is -0.173. The van der Waals surface area contributed by atoms with Crippen molar-refractivity contribution >= 4 is 11.7 Å². The number of carboxylic acid groups (broad SMARTS) is 1. The predicted molar refractivity (Wildman–Crippen MR) is 40.9 cm³/mol. The van der Waals surface area contributed by atoms with Crippen molar-refractivity contribution in [3.63, 3.8) is 0 Å². The maximum absolute atomic E-state index is 10.5. The molecule has 1 N–H and O–H groups in total. The number of dihydropyridines is 1. The molecule has 0 aromatic carbocycles. The van der Waals surface area contributed by atoms with E-state index in [0.29, 0.717) is 5.70 Å². The van der Waals surface area contributed by atoms with Gasteiger partial charge in [-0.3, -0.25) is 0 Å². The van der Waals surface area contributed by atoms with Gasteiger partial charge >= 0.3 is 5.97 Å². The summed E-state index contributed by atoms with van der Waals surface area (Å²) in [6.45, 7) is 0. The first-order valence-corrected chi connectivity index (χ1v) is 3.37. The van der Waals surface area contributed by atoms with Crippen molar-refractivity contribution in [2.45, 2.75) is 6.04 Å². The van der Waals surface area contributed by atoms with Crippen LogP contribution in [-0.2, 0) is 4.79 Å². The minimum absolute atomic E-state index is 0.0322. The Balaban J connectivity index is 2.34. The van der Waals surface area contributed by atoms with Gasteiger partial charge in [-0.1, -0.05) is 0 Å². The number of hydrogen-bond donors (Lipinski definition) is 1. The predicted octanol–water partition coefficient (Wildman–Crippen LogP) is 0.758. The molecule has 0 spiro atoms. The molecule has 0 bridgehead atoms. The monoisotopic (exact) mass is 163 g/mol. The fourth-order valence-electron chi connectivity index (χ4n) is 1.01. The fraction of sp³-hybridized carbons (Fsp3) is 0.143. The second kappa shape index (κ2) is 2.37. The van der Waals surface area contributed by atoms with E-state index in [4.69, 9.17) is 5.11 Å². The Hall–Kier alpha value is -1.78. The number of carboxylic acids is 1. The van der Waals surface area contributed by atoms with Crippen molar-refractivity contribution < 1.29 is 9.90 Å². The Morgan fingerprint density at radius 3 is 3.17 bits per heavy atom. The molecule has 1 atom stereocenters. The number of hydrogen-bond acceptors (Lipinski definition) is 4. The molecule has 2 heterocycles. The Morgan fingerprint density at radius 2 is 2.42 bits per heavy atom. The van der Waals surface area contributed by atoms with E-state index in [9.17, 15) is 4.79 Å². The molecule has 0 aromatic rings. The summed E-state index contributed by atoms with van der Waals surface area (Å²) >= 11 is 0. The largest absolute Gasteiger partial charge is 0.477 e. The number of aliphatic carboxylic acids is 1. The molecule has 12 heavy (non-hydrogen) atoms. The van der Waals surface area contributed by atoms with Gasteiger partial charge in [0.1, 0.15) is 11.8 Å². The van der Waals surface area contributed by atoms with Crippen LogP contribution in [0.2, 0.25) is 0 Å². The van der Waals surface area contributed by atoms with Crippen LogP contribution in [0.4, 0.5) is 0 Å². The highest BCUT2D eigenvalue weighted by Crippen LogP contribution is 2.20. The van der Waals surface area contributed by atoms with Gasteiger partial charge in [-0.25, -0.2) is 9.79 Å². The van der Waals surface area contributed by atoms with Crippen molar-refractivity contribution in [3.05, 3.63) is 24.0 Å². The Kier molecular flexibility index (Phi) is 1.36. The number of nitrogens with zero attached hydrogens (tertiary/aromatic N) is 3. The summed E-state index contributed by atoms with van der Waals surface area (Å²) in [5, 5.41) is 16.0. The number of rotatable bonds is 1. The van der Waals surface area contributed by atoms with E-state index < -0.39 is 5.97 Å². The molecule has 2 aliphatic rings. The summed E-state index contributed by atoms with van der Waals surface area (Å²) in [6.07, 6.45) is 4.57. The molecule has 5 heteroatoms. The van der Waals surface area contributed by atoms with Gasteiger partial charge in [-0.05, 0) is 12.2 Å². The van der Waals surface area contributed by atoms with Crippen LogP contribution < -0.4 is 0 Å². The SMILES string of the molecule is O=C(O)C1=NC2=CN=N[C@@H]2C=C1. The molecule has 2 rings (SSSR count). The Bertz CT molecular complexity index is 352. The molecule has 0 fully saturated rings. The van der Waals surface area contributed by atoms with Crippen molar-refractivity contribution in [3.8, 4) is 0 Å². The maximum atomic E-state index is 10.5. The van der Waals surface area contributed by atoms with Gasteiger partial charge in [0, 0.05) is 0 Å². The van der Waals surface area contributed by atoms with Crippen molar-refractivity contribution in [2.24, 2.45) is 15.2 Å². The van der Waals surface area contributed by atoms with Crippen LogP contribution in [0.5, 0.6) is 0 Å². The zero-order valence-electron chi connectivity index (χ0n) is 6.01. The molecule has 0 aromatic heterocycles. The maximum Gasteiger partial charge on any atom is 0.354 e. The number of aliphatic imine (C=N–C) groups is 1. The van der Waals surface area contributed by atoms with Crippen molar-refractivity contribution in [1.82, 2.24) is 0 Å². The van der Waals surface area contributed by atoms with Crippen LogP contribution in [0.25, 0.3) is 0 Å². The van der Waals surface area contributed by atoms with Gasteiger partial charge < -0.3 is 5.11 Å². The van der Waals surface area contributed by atoms with Gasteiger partial charge in [0.25, 0.3) is 0 Å². The van der Waals surface area contributed by atoms with Crippen molar-refractivity contribution in [1.29, 1.82) is 0 Å². The molecule has 0 saturated carbocycles. The standard InChI is InChI=1S/C7H5N3O2/c11-7(12)5-2-1-4-6(9-5)3-8-10-4/h1-4H,(H,11,12)/t4-/m1/s1. The smallest absolute Gasteiger partial charge is 0.354 e. The van der Waals surface area contributed by atoms with Crippen LogP contribution in [0.15, 0.2) is 39.3 Å². The van der Waals surface area contributed by atoms with E-state index in [1.807, 2.05) is 0 Å². The first-order valence-electron chi connectivity index (χ1n) is 3.37. The highest BCUT2D eigenvalue weighted by atomic mass is 16.4. The second-order valence-corrected chi connectivity index (χ2v) is 2.39. The normalized spacial score (nSPS) is 24.8. The lowest BCUT2D eigenvalue weighted by Gasteiger charge is -2.06. The van der Waals surface area contributed by atoms with Gasteiger partial charge in [0.15, 0.2) is 0 Å². The molecule has 0 saturated heterocycles. The number of carbonyl (C=O) groups is 1. The molecular weight excluding hydrogens is 158 g/mol. The van der Waals surface area contributed by atoms with Gasteiger partial charge in [-0.15, -0.1) is 0 Å². The van der Waals surface area contributed by atoms with E-state index in [0.717, 1.165) is 0 Å². The lowest BCUT2D eigenvalue weighted by atomic mass is 10.1. The topological polar surface area (TPSA) is 74.4 Å². The zero-order chi connectivity index (χ0) is 8.55. The Morgan fingerprint density at radius 1 is 1.58 bits per heavy atom. The molecule has 0 amide bonds. The molecule has 0 aliphatic carbocycles. The molecule has 0 unspecified atom stereocenters. The molecule has 0 radical (unpaired) electrons. The molecule has 60 valence electrons. The average Bonchev–Trinajstić information content (AvgIpc) is 2.49. The first kappa shape index (κ1) is 6.90. The minimum atomic E-state index is -1.03. The summed E-state index contributed by atoms with van der Waals surface area (Å²) in [5.74, 6) is -1.03. The minimum Gasteiger partial charge on any atom is -0.477 e. The number of azo groups is 1. The third-order valence-corrected chi connectivity index (χ3v) is 1.59. The summed E-state index contributed by atoms with van der Waals surface area (Å²) in [5.41, 5.74) is 0.625. The third kappa shape index (κ3) is 0.952. The Labute approximate surface area is 67.8 Å². The van der Waals surface area contributed by atoms with Crippen LogP contribution >= 0.6 is 0 Å². The summed E-state index contributed by atoms with van der Waals surface area (Å²) < 4.78 is 0. The van der Waals surface area contributed by atoms with Gasteiger partial charge in [0.2, 0.25) is 0 Å². The van der Waals surface area contributed by atoms with E-state index in [-0.39, 0.29) is 11.8 Å². The third-order valence-electron chi connectivity index (χ3n) is 1.59. The summed E-state index contributed by atoms with van der Waals surface area (Å²) in [7, 11) is 0. The van der Waals surface area contributed by atoms with Crippen LogP contribution in [0.1, 0.15) is 0 Å². The summed E-state index contributed by atoms with van der Waals surface area (Å²) in [4.78, 5) is 14.3. The van der Waals surface area contributed by atoms with E-state index in [1.54, 1.807) is 6.08 Å². The fourth-order valence-corrected chi connectivity index (χ4v) is 1.01. The van der Waals surface area contributed by atoms with Crippen molar-refractivity contribution in [2.75, 3.05) is 0 Å². The second-order valence-electron chi connectivity index (χ2n) is 2.39. The van der Waals surface area contributed by atoms with E-state index >= 15 is 0 Å². The average molecular weight is 163 g/mol. The molecule has 2 aliphatic heterocycles. The highest BCUT2D eigenvalue weighted by Gasteiger charge is 2.20. The van der Waals surface area contributed by atoms with Gasteiger partial charge in [-0.2, -0.15) is 10.2 Å². The highest BCUT2D eigenvalue weighted by molar-refractivity contribution is 6.40. The first-order chi connectivity index (χ1) is 5.77. The molecular formula is C7H5N3O2. The van der Waals surface area contributed by atoms with Crippen LogP contribution in [0.3, 0.4) is 0 Å². The van der Waals surface area contributed by atoms with E-state index in [2.05, 4.69) is 15.2 Å².